The van der Waals surface area contributed by atoms with Crippen molar-refractivity contribution < 1.29 is 18.7 Å². The van der Waals surface area contributed by atoms with Gasteiger partial charge in [-0.1, -0.05) is 12.1 Å². The van der Waals surface area contributed by atoms with Gasteiger partial charge in [-0.2, -0.15) is 10.2 Å². The lowest BCUT2D eigenvalue weighted by Crippen LogP contribution is -2.45. The molecule has 4 heterocycles. The highest BCUT2D eigenvalue weighted by Crippen LogP contribution is 2.20. The number of aromatic nitrogens is 6. The van der Waals surface area contributed by atoms with Gasteiger partial charge in [-0.05, 0) is 75.2 Å². The zero-order valence-electron chi connectivity index (χ0n) is 25.9. The summed E-state index contributed by atoms with van der Waals surface area (Å²) in [5.41, 5.74) is 9.92. The largest absolute Gasteiger partial charge is 0.444 e. The zero-order chi connectivity index (χ0) is 32.6. The molecule has 0 spiro atoms. The van der Waals surface area contributed by atoms with Gasteiger partial charge in [0.05, 0.1) is 23.9 Å². The third-order valence-corrected chi connectivity index (χ3v) is 6.63. The lowest BCUT2D eigenvalue weighted by Gasteiger charge is -2.23. The summed E-state index contributed by atoms with van der Waals surface area (Å²) >= 11 is 0. The molecule has 3 N–H and O–H groups in total. The number of nitrogens with two attached hydrogens (primary N) is 1. The summed E-state index contributed by atoms with van der Waals surface area (Å²) in [6.45, 7) is 5.25. The molecule has 0 aliphatic heterocycles. The van der Waals surface area contributed by atoms with Crippen molar-refractivity contribution in [3.63, 3.8) is 0 Å². The summed E-state index contributed by atoms with van der Waals surface area (Å²) in [7, 11) is 3.59. The van der Waals surface area contributed by atoms with E-state index in [9.17, 15) is 14.0 Å². The number of nitrogen functional groups attached to an aromatic ring is 1. The normalized spacial score (nSPS) is 11.7. The second kappa shape index (κ2) is 14.4. The van der Waals surface area contributed by atoms with E-state index in [1.165, 1.54) is 12.1 Å². The van der Waals surface area contributed by atoms with Gasteiger partial charge in [0.1, 0.15) is 17.2 Å². The SMILES string of the molecule is Cn1nc(-c2ccncc2)cc1CC(=O)[C@H](Cc1ccc(F)cc1)NC(=O)OC(C)(C)C.Cn1nc(-c2ccncc2)cc1N. The second-order valence-corrected chi connectivity index (χ2v) is 11.4. The molecule has 1 aromatic carbocycles. The fourth-order valence-electron chi connectivity index (χ4n) is 4.33. The molecule has 0 aliphatic carbocycles. The minimum absolute atomic E-state index is 0.0657. The van der Waals surface area contributed by atoms with E-state index in [1.807, 2.05) is 43.4 Å². The van der Waals surface area contributed by atoms with Crippen LogP contribution in [0.1, 0.15) is 32.0 Å². The second-order valence-electron chi connectivity index (χ2n) is 11.4. The molecule has 11 nitrogen and oxygen atoms in total. The summed E-state index contributed by atoms with van der Waals surface area (Å²) in [5, 5.41) is 11.4. The molecule has 0 fully saturated rings. The molecule has 5 rings (SSSR count). The Morgan fingerprint density at radius 2 is 1.40 bits per heavy atom. The van der Waals surface area contributed by atoms with Crippen LogP contribution >= 0.6 is 0 Å². The van der Waals surface area contributed by atoms with Crippen LogP contribution in [0, 0.1) is 5.82 Å². The number of anilines is 1. The number of nitrogens with one attached hydrogen (secondary N) is 1. The fourth-order valence-corrected chi connectivity index (χ4v) is 4.33. The number of aryl methyl sites for hydroxylation is 2. The highest BCUT2D eigenvalue weighted by molar-refractivity contribution is 5.89. The molecule has 0 saturated carbocycles. The van der Waals surface area contributed by atoms with Crippen LogP contribution in [-0.2, 0) is 36.5 Å². The fraction of sp³-hybridized carbons (Fsp3) is 0.273. The smallest absolute Gasteiger partial charge is 0.408 e. The van der Waals surface area contributed by atoms with E-state index >= 15 is 0 Å². The number of carbonyl (C=O) groups excluding carboxylic acids is 2. The maximum Gasteiger partial charge on any atom is 0.408 e. The number of hydrogen-bond donors (Lipinski definition) is 2. The van der Waals surface area contributed by atoms with Gasteiger partial charge in [-0.25, -0.2) is 9.18 Å². The van der Waals surface area contributed by atoms with Crippen LogP contribution in [0.4, 0.5) is 15.0 Å². The number of amides is 1. The lowest BCUT2D eigenvalue weighted by molar-refractivity contribution is -0.120. The number of benzene rings is 1. The van der Waals surface area contributed by atoms with Gasteiger partial charge in [0.15, 0.2) is 5.78 Å². The Morgan fingerprint density at radius 1 is 0.867 bits per heavy atom. The van der Waals surface area contributed by atoms with Crippen LogP contribution in [0.15, 0.2) is 85.5 Å². The minimum Gasteiger partial charge on any atom is -0.444 e. The first-order valence-electron chi connectivity index (χ1n) is 14.3. The molecule has 234 valence electrons. The summed E-state index contributed by atoms with van der Waals surface area (Å²) in [4.78, 5) is 33.5. The van der Waals surface area contributed by atoms with E-state index in [-0.39, 0.29) is 24.4 Å². The van der Waals surface area contributed by atoms with Crippen LogP contribution in [0.3, 0.4) is 0 Å². The molecule has 4 aromatic heterocycles. The number of ether oxygens (including phenoxy) is 1. The van der Waals surface area contributed by atoms with Gasteiger partial charge in [0, 0.05) is 61.8 Å². The van der Waals surface area contributed by atoms with Crippen molar-refractivity contribution in [1.29, 1.82) is 0 Å². The van der Waals surface area contributed by atoms with Crippen molar-refractivity contribution in [3.05, 3.63) is 103 Å². The average Bonchev–Trinajstić information content (AvgIpc) is 3.54. The maximum atomic E-state index is 13.3. The molecular weight excluding hydrogens is 575 g/mol. The summed E-state index contributed by atoms with van der Waals surface area (Å²) in [5.74, 6) is 0.0894. The van der Waals surface area contributed by atoms with Gasteiger partial charge < -0.3 is 15.8 Å². The predicted octanol–water partition coefficient (Wildman–Crippen LogP) is 4.93. The van der Waals surface area contributed by atoms with Gasteiger partial charge in [-0.3, -0.25) is 24.1 Å². The van der Waals surface area contributed by atoms with Gasteiger partial charge in [-0.15, -0.1) is 0 Å². The molecule has 0 radical (unpaired) electrons. The van der Waals surface area contributed by atoms with E-state index in [4.69, 9.17) is 10.5 Å². The van der Waals surface area contributed by atoms with Crippen molar-refractivity contribution in [2.24, 2.45) is 14.1 Å². The molecule has 1 atom stereocenters. The maximum absolute atomic E-state index is 13.3. The van der Waals surface area contributed by atoms with E-state index in [0.717, 1.165) is 28.1 Å². The molecular formula is C33H37FN8O3. The number of halogens is 1. The minimum atomic E-state index is -0.838. The summed E-state index contributed by atoms with van der Waals surface area (Å²) < 4.78 is 21.9. The highest BCUT2D eigenvalue weighted by atomic mass is 19.1. The lowest BCUT2D eigenvalue weighted by atomic mass is 9.99. The van der Waals surface area contributed by atoms with Crippen molar-refractivity contribution in [2.45, 2.75) is 45.3 Å². The molecule has 5 aromatic rings. The highest BCUT2D eigenvalue weighted by Gasteiger charge is 2.26. The number of alkyl carbamates (subject to hydrolysis) is 1. The number of carbonyl (C=O) groups is 2. The van der Waals surface area contributed by atoms with Crippen molar-refractivity contribution >= 4 is 17.7 Å². The Hall–Kier alpha value is -5.39. The monoisotopic (exact) mass is 612 g/mol. The molecule has 0 aliphatic rings. The molecule has 12 heteroatoms. The third-order valence-electron chi connectivity index (χ3n) is 6.63. The number of ketones is 1. The van der Waals surface area contributed by atoms with E-state index < -0.39 is 17.7 Å². The number of Topliss-reactive ketones (excluding diaryl/α,β-unsaturated/α-hetero) is 1. The Morgan fingerprint density at radius 3 is 1.91 bits per heavy atom. The van der Waals surface area contributed by atoms with Gasteiger partial charge in [0.25, 0.3) is 0 Å². The van der Waals surface area contributed by atoms with E-state index in [0.29, 0.717) is 11.5 Å². The molecule has 45 heavy (non-hydrogen) atoms. The molecule has 1 amide bonds. The van der Waals surface area contributed by atoms with Crippen LogP contribution in [0.2, 0.25) is 0 Å². The summed E-state index contributed by atoms with van der Waals surface area (Å²) in [6.07, 6.45) is 6.43. The first kappa shape index (κ1) is 32.5. The number of nitrogens with zero attached hydrogens (tertiary/aromatic N) is 6. The standard InChI is InChI=1S/C24H27FN4O3.C9H10N4/c1-24(2,3)32-23(31)27-21(13-16-5-7-18(25)8-6-16)22(30)15-19-14-20(28-29(19)4)17-9-11-26-12-10-17;1-13-9(10)6-8(12-13)7-2-4-11-5-3-7/h5-12,14,21H,13,15H2,1-4H3,(H,27,31);2-6H,10H2,1H3/t21-;/m0./s1. The predicted molar refractivity (Wildman–Crippen MR) is 169 cm³/mol. The van der Waals surface area contributed by atoms with Gasteiger partial charge >= 0.3 is 6.09 Å². The van der Waals surface area contributed by atoms with Crippen LogP contribution in [-0.4, -0.2) is 53.0 Å². The van der Waals surface area contributed by atoms with Crippen molar-refractivity contribution in [1.82, 2.24) is 34.8 Å². The van der Waals surface area contributed by atoms with Crippen LogP contribution in [0.25, 0.3) is 22.5 Å². The topological polar surface area (TPSA) is 143 Å². The Kier molecular flexibility index (Phi) is 10.4. The number of hydrogen-bond acceptors (Lipinski definition) is 8. The number of pyridine rings is 2. The molecule has 0 unspecified atom stereocenters. The number of rotatable bonds is 8. The Balaban J connectivity index is 0.000000293. The van der Waals surface area contributed by atoms with Crippen molar-refractivity contribution in [3.8, 4) is 22.5 Å². The van der Waals surface area contributed by atoms with Crippen LogP contribution < -0.4 is 11.1 Å². The Labute approximate surface area is 261 Å². The zero-order valence-corrected chi connectivity index (χ0v) is 25.9. The van der Waals surface area contributed by atoms with E-state index in [2.05, 4.69) is 25.5 Å². The quantitative estimate of drug-likeness (QED) is 0.251. The Bertz CT molecular complexity index is 1690. The van der Waals surface area contributed by atoms with Crippen LogP contribution in [0.5, 0.6) is 0 Å². The third kappa shape index (κ3) is 9.55. The summed E-state index contributed by atoms with van der Waals surface area (Å²) in [6, 6.07) is 16.2. The first-order chi connectivity index (χ1) is 21.4. The average molecular weight is 613 g/mol. The van der Waals surface area contributed by atoms with E-state index in [1.54, 1.807) is 74.1 Å². The molecule has 0 bridgehead atoms. The first-order valence-corrected chi connectivity index (χ1v) is 14.3. The molecule has 0 saturated heterocycles. The van der Waals surface area contributed by atoms with Crippen molar-refractivity contribution in [2.75, 3.05) is 5.73 Å². The van der Waals surface area contributed by atoms with Gasteiger partial charge in [0.2, 0.25) is 0 Å².